The summed E-state index contributed by atoms with van der Waals surface area (Å²) >= 11 is 0. The first kappa shape index (κ1) is 10.9. The van der Waals surface area contributed by atoms with Gasteiger partial charge in [0, 0.05) is 13.7 Å². The zero-order valence-corrected chi connectivity index (χ0v) is 8.02. The molecule has 1 N–H and O–H groups in total. The normalized spacial score (nSPS) is 13.4. The molecular weight excluding hydrogens is 138 g/mol. The van der Waals surface area contributed by atoms with Gasteiger partial charge in [0.25, 0.3) is 0 Å². The molecule has 0 aromatic heterocycles. The van der Waals surface area contributed by atoms with E-state index >= 15 is 0 Å². The number of hydrogen-bond donors (Lipinski definition) is 1. The second kappa shape index (κ2) is 8.02. The number of hydrogen-bond acceptors (Lipinski definition) is 2. The molecule has 0 radical (unpaired) electrons. The van der Waals surface area contributed by atoms with Gasteiger partial charge >= 0.3 is 0 Å². The summed E-state index contributed by atoms with van der Waals surface area (Å²) in [6, 6.07) is 0. The summed E-state index contributed by atoms with van der Waals surface area (Å²) in [5.74, 6) is 0.758. The van der Waals surface area contributed by atoms with E-state index in [1.807, 2.05) is 7.05 Å². The second-order valence-corrected chi connectivity index (χ2v) is 2.98. The van der Waals surface area contributed by atoms with E-state index in [4.69, 9.17) is 4.74 Å². The van der Waals surface area contributed by atoms with Gasteiger partial charge in [0.2, 0.25) is 0 Å². The molecule has 0 aromatic carbocycles. The highest BCUT2D eigenvalue weighted by Crippen LogP contribution is 2.09. The fourth-order valence-corrected chi connectivity index (χ4v) is 1.21. The molecule has 68 valence electrons. The van der Waals surface area contributed by atoms with Gasteiger partial charge in [-0.25, -0.2) is 0 Å². The average Bonchev–Trinajstić information content (AvgIpc) is 2.03. The van der Waals surface area contributed by atoms with Crippen molar-refractivity contribution in [2.45, 2.75) is 26.2 Å². The molecule has 0 aliphatic rings. The van der Waals surface area contributed by atoms with Gasteiger partial charge in [0.05, 0.1) is 0 Å². The third kappa shape index (κ3) is 6.32. The van der Waals surface area contributed by atoms with Crippen molar-refractivity contribution in [3.8, 4) is 0 Å². The van der Waals surface area contributed by atoms with Crippen molar-refractivity contribution in [1.82, 2.24) is 5.32 Å². The van der Waals surface area contributed by atoms with Crippen molar-refractivity contribution in [3.63, 3.8) is 0 Å². The summed E-state index contributed by atoms with van der Waals surface area (Å²) in [7, 11) is 3.78. The van der Waals surface area contributed by atoms with Gasteiger partial charge < -0.3 is 10.1 Å². The van der Waals surface area contributed by atoms with Crippen LogP contribution in [-0.4, -0.2) is 27.3 Å². The van der Waals surface area contributed by atoms with Gasteiger partial charge in [-0.2, -0.15) is 0 Å². The summed E-state index contributed by atoms with van der Waals surface area (Å²) < 4.78 is 5.11. The van der Waals surface area contributed by atoms with Crippen molar-refractivity contribution in [2.75, 3.05) is 27.3 Å². The lowest BCUT2D eigenvalue weighted by atomic mass is 10.0. The maximum absolute atomic E-state index is 5.11. The number of rotatable bonds is 7. The van der Waals surface area contributed by atoms with Crippen LogP contribution in [-0.2, 0) is 4.74 Å². The molecule has 0 fully saturated rings. The first-order valence-electron chi connectivity index (χ1n) is 4.48. The monoisotopic (exact) mass is 159 g/mol. The first-order valence-corrected chi connectivity index (χ1v) is 4.48. The second-order valence-electron chi connectivity index (χ2n) is 2.98. The summed E-state index contributed by atoms with van der Waals surface area (Å²) in [6.07, 6.45) is 3.78. The summed E-state index contributed by atoms with van der Waals surface area (Å²) in [5, 5.41) is 3.15. The van der Waals surface area contributed by atoms with Crippen LogP contribution < -0.4 is 5.32 Å². The third-order valence-electron chi connectivity index (χ3n) is 2.02. The lowest BCUT2D eigenvalue weighted by Gasteiger charge is -2.12. The molecule has 11 heavy (non-hydrogen) atoms. The van der Waals surface area contributed by atoms with Crippen molar-refractivity contribution in [2.24, 2.45) is 5.92 Å². The summed E-state index contributed by atoms with van der Waals surface area (Å²) in [5.41, 5.74) is 0. The average molecular weight is 159 g/mol. The zero-order valence-electron chi connectivity index (χ0n) is 8.02. The van der Waals surface area contributed by atoms with Gasteiger partial charge in [0.1, 0.15) is 0 Å². The molecule has 0 heterocycles. The molecule has 0 saturated heterocycles. The highest BCUT2D eigenvalue weighted by atomic mass is 16.5. The molecule has 2 heteroatoms. The van der Waals surface area contributed by atoms with E-state index < -0.39 is 0 Å². The predicted molar refractivity (Wildman–Crippen MR) is 48.8 cm³/mol. The fraction of sp³-hybridized carbons (Fsp3) is 1.00. The Morgan fingerprint density at radius 3 is 2.64 bits per heavy atom. The largest absolute Gasteiger partial charge is 0.384 e. The van der Waals surface area contributed by atoms with E-state index in [-0.39, 0.29) is 0 Å². The minimum absolute atomic E-state index is 0.758. The number of ether oxygens (including phenoxy) is 1. The maximum Gasteiger partial charge on any atom is 0.0490 e. The maximum atomic E-state index is 5.11. The highest BCUT2D eigenvalue weighted by molar-refractivity contribution is 4.56. The molecule has 0 aliphatic carbocycles. The Morgan fingerprint density at radius 1 is 1.45 bits per heavy atom. The van der Waals surface area contributed by atoms with Crippen LogP contribution in [0.5, 0.6) is 0 Å². The Labute approximate surface area is 70.3 Å². The van der Waals surface area contributed by atoms with Crippen LogP contribution in [0.25, 0.3) is 0 Å². The summed E-state index contributed by atoms with van der Waals surface area (Å²) in [4.78, 5) is 0. The van der Waals surface area contributed by atoms with Crippen molar-refractivity contribution in [3.05, 3.63) is 0 Å². The van der Waals surface area contributed by atoms with Crippen LogP contribution in [0.1, 0.15) is 26.2 Å². The highest BCUT2D eigenvalue weighted by Gasteiger charge is 2.03. The van der Waals surface area contributed by atoms with E-state index in [1.165, 1.54) is 19.3 Å². The quantitative estimate of drug-likeness (QED) is 0.570. The fourth-order valence-electron chi connectivity index (χ4n) is 1.21. The van der Waals surface area contributed by atoms with Crippen LogP contribution in [0.3, 0.4) is 0 Å². The Balaban J connectivity index is 3.20. The Bertz CT molecular complexity index is 76.0. The van der Waals surface area contributed by atoms with E-state index in [1.54, 1.807) is 7.11 Å². The van der Waals surface area contributed by atoms with E-state index in [0.717, 1.165) is 19.1 Å². The van der Waals surface area contributed by atoms with Gasteiger partial charge in [-0.15, -0.1) is 0 Å². The molecule has 2 nitrogen and oxygen atoms in total. The van der Waals surface area contributed by atoms with Crippen molar-refractivity contribution >= 4 is 0 Å². The molecule has 0 spiro atoms. The van der Waals surface area contributed by atoms with E-state index in [2.05, 4.69) is 12.2 Å². The van der Waals surface area contributed by atoms with E-state index in [9.17, 15) is 0 Å². The molecule has 0 amide bonds. The van der Waals surface area contributed by atoms with Gasteiger partial charge in [-0.1, -0.05) is 13.3 Å². The molecule has 0 aromatic rings. The molecule has 0 rings (SSSR count). The lowest BCUT2D eigenvalue weighted by Crippen LogP contribution is -2.12. The first-order chi connectivity index (χ1) is 5.35. The van der Waals surface area contributed by atoms with Crippen LogP contribution in [0.15, 0.2) is 0 Å². The Kier molecular flexibility index (Phi) is 7.96. The number of nitrogens with one attached hydrogen (secondary N) is 1. The van der Waals surface area contributed by atoms with Crippen LogP contribution in [0.2, 0.25) is 0 Å². The molecule has 1 unspecified atom stereocenters. The molecule has 0 bridgehead atoms. The standard InChI is InChI=1S/C9H21NO/c1-4-9(8-11-3)6-5-7-10-2/h9-10H,4-8H2,1-3H3. The van der Waals surface area contributed by atoms with Gasteiger partial charge in [-0.05, 0) is 32.4 Å². The minimum Gasteiger partial charge on any atom is -0.384 e. The summed E-state index contributed by atoms with van der Waals surface area (Å²) in [6.45, 7) is 4.27. The molecule has 0 aliphatic heterocycles. The smallest absolute Gasteiger partial charge is 0.0490 e. The molecular formula is C9H21NO. The Morgan fingerprint density at radius 2 is 2.18 bits per heavy atom. The zero-order chi connectivity index (χ0) is 8.53. The number of methoxy groups -OCH3 is 1. The van der Waals surface area contributed by atoms with Crippen LogP contribution in [0.4, 0.5) is 0 Å². The van der Waals surface area contributed by atoms with Gasteiger partial charge in [0.15, 0.2) is 0 Å². The SMILES string of the molecule is CCC(CCCNC)COC. The third-order valence-corrected chi connectivity index (χ3v) is 2.02. The van der Waals surface area contributed by atoms with Gasteiger partial charge in [-0.3, -0.25) is 0 Å². The van der Waals surface area contributed by atoms with Crippen molar-refractivity contribution < 1.29 is 4.74 Å². The van der Waals surface area contributed by atoms with Crippen LogP contribution >= 0.6 is 0 Å². The molecule has 0 saturated carbocycles. The lowest BCUT2D eigenvalue weighted by molar-refractivity contribution is 0.144. The van der Waals surface area contributed by atoms with Crippen molar-refractivity contribution in [1.29, 1.82) is 0 Å². The van der Waals surface area contributed by atoms with E-state index in [0.29, 0.717) is 0 Å². The topological polar surface area (TPSA) is 21.3 Å². The van der Waals surface area contributed by atoms with Crippen LogP contribution in [0, 0.1) is 5.92 Å². The molecule has 1 atom stereocenters. The Hall–Kier alpha value is -0.0800. The minimum atomic E-state index is 0.758. The predicted octanol–water partition coefficient (Wildman–Crippen LogP) is 1.66.